The molecule has 0 spiro atoms. The topological polar surface area (TPSA) is 86.7 Å². The fourth-order valence-corrected chi connectivity index (χ4v) is 3.10. The van der Waals surface area contributed by atoms with Gasteiger partial charge in [0, 0.05) is 23.4 Å². The zero-order chi connectivity index (χ0) is 21.3. The minimum absolute atomic E-state index is 0.00337. The zero-order valence-corrected chi connectivity index (χ0v) is 16.5. The molecule has 0 aliphatic carbocycles. The molecule has 0 bridgehead atoms. The van der Waals surface area contributed by atoms with Crippen LogP contribution in [0.4, 0.5) is 5.69 Å². The molecule has 4 rings (SSSR count). The van der Waals surface area contributed by atoms with Gasteiger partial charge in [0.25, 0.3) is 5.69 Å². The van der Waals surface area contributed by atoms with Gasteiger partial charge in [-0.05, 0) is 61.4 Å². The van der Waals surface area contributed by atoms with Gasteiger partial charge in [0.2, 0.25) is 0 Å². The number of Topliss-reactive ketones (excluding diaryl/α,β-unsaturated/α-hetero) is 1. The van der Waals surface area contributed by atoms with Crippen molar-refractivity contribution in [1.29, 1.82) is 0 Å². The summed E-state index contributed by atoms with van der Waals surface area (Å²) in [6, 6.07) is 15.9. The molecule has 7 heteroatoms. The molecule has 0 fully saturated rings. The molecule has 0 radical (unpaired) electrons. The van der Waals surface area contributed by atoms with E-state index in [4.69, 9.17) is 4.74 Å². The minimum atomic E-state index is -0.440. The van der Waals surface area contributed by atoms with Gasteiger partial charge in [-0.2, -0.15) is 0 Å². The first kappa shape index (κ1) is 19.3. The molecule has 0 saturated carbocycles. The van der Waals surface area contributed by atoms with E-state index in [9.17, 15) is 14.9 Å². The van der Waals surface area contributed by atoms with Gasteiger partial charge in [0.1, 0.15) is 11.4 Å². The van der Waals surface area contributed by atoms with Gasteiger partial charge in [0.05, 0.1) is 16.8 Å². The highest BCUT2D eigenvalue weighted by molar-refractivity contribution is 5.97. The lowest BCUT2D eigenvalue weighted by atomic mass is 10.0. The third-order valence-corrected chi connectivity index (χ3v) is 5.00. The second-order valence-electron chi connectivity index (χ2n) is 7.07. The number of hydrogen-bond donors (Lipinski definition) is 0. The number of carbonyl (C=O) groups is 1. The van der Waals surface area contributed by atoms with E-state index in [1.54, 1.807) is 28.8 Å². The second-order valence-corrected chi connectivity index (χ2v) is 7.07. The lowest BCUT2D eigenvalue weighted by Gasteiger charge is -2.07. The molecule has 30 heavy (non-hydrogen) atoms. The largest absolute Gasteiger partial charge is 0.485 e. The molecule has 0 atom stereocenters. The summed E-state index contributed by atoms with van der Waals surface area (Å²) < 4.78 is 7.26. The van der Waals surface area contributed by atoms with E-state index < -0.39 is 4.92 Å². The predicted molar refractivity (Wildman–Crippen MR) is 113 cm³/mol. The third kappa shape index (κ3) is 3.91. The Bertz CT molecular complexity index is 1260. The standard InChI is InChI=1S/C23H19N3O4/c1-15-3-4-18(11-16(15)2)22(27)14-30-20-8-5-17(6-9-20)21-13-25-12-19(26(28)29)7-10-23(25)24-21/h3-13H,14H2,1-2H3. The van der Waals surface area contributed by atoms with Crippen molar-refractivity contribution in [3.05, 3.63) is 93.8 Å². The van der Waals surface area contributed by atoms with Gasteiger partial charge >= 0.3 is 0 Å². The zero-order valence-electron chi connectivity index (χ0n) is 16.5. The highest BCUT2D eigenvalue weighted by Gasteiger charge is 2.11. The van der Waals surface area contributed by atoms with E-state index in [0.29, 0.717) is 22.7 Å². The lowest BCUT2D eigenvalue weighted by molar-refractivity contribution is -0.385. The van der Waals surface area contributed by atoms with Crippen LogP contribution >= 0.6 is 0 Å². The summed E-state index contributed by atoms with van der Waals surface area (Å²) in [6.45, 7) is 3.94. The Balaban J connectivity index is 1.46. The van der Waals surface area contributed by atoms with Crippen molar-refractivity contribution >= 4 is 17.1 Å². The van der Waals surface area contributed by atoms with E-state index in [1.165, 1.54) is 12.3 Å². The highest BCUT2D eigenvalue weighted by Crippen LogP contribution is 2.24. The molecule has 0 unspecified atom stereocenters. The number of imidazole rings is 1. The Hall–Kier alpha value is -4.00. The Kier molecular flexibility index (Phi) is 5.02. The first-order valence-corrected chi connectivity index (χ1v) is 9.37. The van der Waals surface area contributed by atoms with Crippen LogP contribution in [0.5, 0.6) is 5.75 Å². The smallest absolute Gasteiger partial charge is 0.286 e. The van der Waals surface area contributed by atoms with Crippen LogP contribution < -0.4 is 4.74 Å². The number of carbonyl (C=O) groups excluding carboxylic acids is 1. The molecule has 0 saturated heterocycles. The number of hydrogen-bond acceptors (Lipinski definition) is 5. The van der Waals surface area contributed by atoms with Gasteiger partial charge in [-0.1, -0.05) is 12.1 Å². The van der Waals surface area contributed by atoms with Crippen molar-refractivity contribution in [2.75, 3.05) is 6.61 Å². The summed E-state index contributed by atoms with van der Waals surface area (Å²) in [4.78, 5) is 27.3. The Morgan fingerprint density at radius 1 is 1.03 bits per heavy atom. The second kappa shape index (κ2) is 7.79. The lowest BCUT2D eigenvalue weighted by Crippen LogP contribution is -2.11. The van der Waals surface area contributed by atoms with Crippen LogP contribution in [0.3, 0.4) is 0 Å². The highest BCUT2D eigenvalue weighted by atomic mass is 16.6. The molecule has 0 aliphatic rings. The monoisotopic (exact) mass is 401 g/mol. The number of pyridine rings is 1. The van der Waals surface area contributed by atoms with E-state index in [0.717, 1.165) is 16.7 Å². The van der Waals surface area contributed by atoms with Crippen molar-refractivity contribution in [3.8, 4) is 17.0 Å². The summed E-state index contributed by atoms with van der Waals surface area (Å²) in [5, 5.41) is 10.9. The van der Waals surface area contributed by atoms with Crippen molar-refractivity contribution in [2.24, 2.45) is 0 Å². The molecular weight excluding hydrogens is 382 g/mol. The predicted octanol–water partition coefficient (Wildman–Crippen LogP) is 4.79. The number of fused-ring (bicyclic) bond motifs is 1. The number of benzene rings is 2. The van der Waals surface area contributed by atoms with Crippen LogP contribution in [0.1, 0.15) is 21.5 Å². The van der Waals surface area contributed by atoms with Gasteiger partial charge in [-0.25, -0.2) is 4.98 Å². The Morgan fingerprint density at radius 2 is 1.80 bits per heavy atom. The summed E-state index contributed by atoms with van der Waals surface area (Å²) >= 11 is 0. The molecule has 2 heterocycles. The molecule has 0 amide bonds. The minimum Gasteiger partial charge on any atom is -0.485 e. The average Bonchev–Trinajstić information content (AvgIpc) is 3.17. The average molecular weight is 401 g/mol. The third-order valence-electron chi connectivity index (χ3n) is 5.00. The maximum absolute atomic E-state index is 12.4. The van der Waals surface area contributed by atoms with E-state index in [-0.39, 0.29) is 18.1 Å². The fourth-order valence-electron chi connectivity index (χ4n) is 3.10. The Morgan fingerprint density at radius 3 is 2.50 bits per heavy atom. The van der Waals surface area contributed by atoms with Crippen LogP contribution in [0.15, 0.2) is 67.0 Å². The van der Waals surface area contributed by atoms with Crippen molar-refractivity contribution in [2.45, 2.75) is 13.8 Å². The van der Waals surface area contributed by atoms with Gasteiger partial charge in [-0.15, -0.1) is 0 Å². The van der Waals surface area contributed by atoms with Crippen LogP contribution in [-0.4, -0.2) is 26.7 Å². The number of nitrogens with zero attached hydrogens (tertiary/aromatic N) is 3. The number of nitro groups is 1. The van der Waals surface area contributed by atoms with Gasteiger partial charge in [0.15, 0.2) is 12.4 Å². The summed E-state index contributed by atoms with van der Waals surface area (Å²) in [5.41, 5.74) is 5.00. The first-order chi connectivity index (χ1) is 14.4. The molecule has 2 aromatic heterocycles. The normalized spacial score (nSPS) is 10.9. The van der Waals surface area contributed by atoms with Crippen LogP contribution in [0, 0.1) is 24.0 Å². The number of ketones is 1. The molecular formula is C23H19N3O4. The molecule has 0 N–H and O–H groups in total. The van der Waals surface area contributed by atoms with Gasteiger partial charge in [-0.3, -0.25) is 19.3 Å². The maximum atomic E-state index is 12.4. The number of aromatic nitrogens is 2. The van der Waals surface area contributed by atoms with Crippen LogP contribution in [0.25, 0.3) is 16.9 Å². The quantitative estimate of drug-likeness (QED) is 0.263. The van der Waals surface area contributed by atoms with Crippen molar-refractivity contribution in [1.82, 2.24) is 9.38 Å². The summed E-state index contributed by atoms with van der Waals surface area (Å²) in [7, 11) is 0. The molecule has 0 aliphatic heterocycles. The van der Waals surface area contributed by atoms with E-state index in [1.807, 2.05) is 44.2 Å². The van der Waals surface area contributed by atoms with Crippen molar-refractivity contribution in [3.63, 3.8) is 0 Å². The molecule has 7 nitrogen and oxygen atoms in total. The van der Waals surface area contributed by atoms with E-state index >= 15 is 0 Å². The number of aryl methyl sites for hydroxylation is 2. The van der Waals surface area contributed by atoms with E-state index in [2.05, 4.69) is 4.98 Å². The number of rotatable bonds is 6. The van der Waals surface area contributed by atoms with Crippen molar-refractivity contribution < 1.29 is 14.5 Å². The first-order valence-electron chi connectivity index (χ1n) is 9.37. The maximum Gasteiger partial charge on any atom is 0.286 e. The molecule has 2 aromatic carbocycles. The molecule has 4 aromatic rings. The van der Waals surface area contributed by atoms with Gasteiger partial charge < -0.3 is 4.74 Å². The SMILES string of the molecule is Cc1ccc(C(=O)COc2ccc(-c3cn4cc([N+](=O)[O-])ccc4n3)cc2)cc1C. The van der Waals surface area contributed by atoms with Crippen LogP contribution in [-0.2, 0) is 0 Å². The summed E-state index contributed by atoms with van der Waals surface area (Å²) in [6.07, 6.45) is 3.17. The number of ether oxygens (including phenoxy) is 1. The molecule has 150 valence electrons. The van der Waals surface area contributed by atoms with Crippen LogP contribution in [0.2, 0.25) is 0 Å². The fraction of sp³-hybridized carbons (Fsp3) is 0.130. The Labute approximate surface area is 172 Å². The summed E-state index contributed by atoms with van der Waals surface area (Å²) in [5.74, 6) is 0.499.